The van der Waals surface area contributed by atoms with Gasteiger partial charge in [0.1, 0.15) is 10.8 Å². The quantitative estimate of drug-likeness (QED) is 0.716. The number of hydrogen-bond acceptors (Lipinski definition) is 2. The number of hydrogen-bond donors (Lipinski definition) is 0. The average molecular weight is 367 g/mol. The van der Waals surface area contributed by atoms with Crippen LogP contribution in [0.15, 0.2) is 60.7 Å². The van der Waals surface area contributed by atoms with E-state index in [0.29, 0.717) is 0 Å². The zero-order chi connectivity index (χ0) is 19.3. The van der Waals surface area contributed by atoms with Crippen LogP contribution in [0, 0.1) is 11.8 Å². The molecule has 0 bridgehead atoms. The van der Waals surface area contributed by atoms with E-state index < -0.39 is 10.8 Å². The monoisotopic (exact) mass is 367 g/mol. The number of carbonyl (C=O) groups excluding carboxylic acids is 2. The molecule has 3 nitrogen and oxygen atoms in total. The van der Waals surface area contributed by atoms with Crippen molar-refractivity contribution in [2.75, 3.05) is 0 Å². The molecule has 2 amide bonds. The molecular formula is C25H21NO2. The third-order valence-electron chi connectivity index (χ3n) is 7.38. The first-order valence-electron chi connectivity index (χ1n) is 9.99. The van der Waals surface area contributed by atoms with Gasteiger partial charge in [0, 0.05) is 17.9 Å². The highest BCUT2D eigenvalue weighted by molar-refractivity contribution is 6.20. The summed E-state index contributed by atoms with van der Waals surface area (Å²) in [4.78, 5) is 29.6. The van der Waals surface area contributed by atoms with Crippen molar-refractivity contribution in [3.05, 3.63) is 82.9 Å². The fraction of sp³-hybridized carbons (Fsp3) is 0.280. The van der Waals surface area contributed by atoms with Gasteiger partial charge in [-0.2, -0.15) is 0 Å². The van der Waals surface area contributed by atoms with Gasteiger partial charge in [-0.1, -0.05) is 72.8 Å². The number of benzene rings is 2. The van der Waals surface area contributed by atoms with Gasteiger partial charge in [-0.15, -0.1) is 0 Å². The molecule has 3 aliphatic carbocycles. The summed E-state index contributed by atoms with van der Waals surface area (Å²) in [5.41, 5.74) is 2.43. The zero-order valence-corrected chi connectivity index (χ0v) is 15.9. The number of rotatable bonds is 1. The van der Waals surface area contributed by atoms with Crippen LogP contribution in [0.4, 0.5) is 0 Å². The topological polar surface area (TPSA) is 37.4 Å². The highest BCUT2D eigenvalue weighted by Crippen LogP contribution is 2.74. The van der Waals surface area contributed by atoms with Gasteiger partial charge in [-0.25, -0.2) is 0 Å². The minimum atomic E-state index is -0.842. The first-order chi connectivity index (χ1) is 13.6. The van der Waals surface area contributed by atoms with Crippen LogP contribution < -0.4 is 0 Å². The molecule has 6 rings (SSSR count). The number of likely N-dealkylation sites (tertiary alicyclic amines) is 1. The van der Waals surface area contributed by atoms with E-state index >= 15 is 0 Å². The fourth-order valence-electron chi connectivity index (χ4n) is 6.49. The Morgan fingerprint density at radius 1 is 0.750 bits per heavy atom. The fourth-order valence-corrected chi connectivity index (χ4v) is 6.49. The van der Waals surface area contributed by atoms with Gasteiger partial charge in [-0.3, -0.25) is 14.5 Å². The molecule has 0 unspecified atom stereocenters. The number of amides is 2. The van der Waals surface area contributed by atoms with E-state index in [1.54, 1.807) is 4.90 Å². The van der Waals surface area contributed by atoms with Gasteiger partial charge in [0.25, 0.3) is 0 Å². The number of imide groups is 1. The molecule has 0 aromatic heterocycles. The molecule has 0 radical (unpaired) electrons. The first-order valence-corrected chi connectivity index (χ1v) is 9.99. The zero-order valence-electron chi connectivity index (χ0n) is 15.9. The lowest BCUT2D eigenvalue weighted by molar-refractivity contribution is -0.142. The van der Waals surface area contributed by atoms with Crippen LogP contribution in [0.3, 0.4) is 0 Å². The molecular weight excluding hydrogens is 346 g/mol. The second-order valence-corrected chi connectivity index (χ2v) is 8.63. The molecule has 2 aromatic carbocycles. The third kappa shape index (κ3) is 1.38. The summed E-state index contributed by atoms with van der Waals surface area (Å²) in [6.07, 6.45) is 8.58. The Balaban J connectivity index is 1.76. The third-order valence-corrected chi connectivity index (χ3v) is 7.38. The van der Waals surface area contributed by atoms with Crippen LogP contribution in [0.1, 0.15) is 36.1 Å². The molecule has 0 N–H and O–H groups in total. The van der Waals surface area contributed by atoms with Gasteiger partial charge in [-0.05, 0) is 36.1 Å². The van der Waals surface area contributed by atoms with E-state index in [2.05, 4.69) is 48.6 Å². The van der Waals surface area contributed by atoms with Crippen molar-refractivity contribution in [1.82, 2.24) is 4.90 Å². The SMILES string of the molecule is CC(C)N1C(=O)[C@]23c4ccccc4C=C[C@H]2[C@H]2C=Cc4ccccc4[C@]23C1=O. The van der Waals surface area contributed by atoms with Crippen LogP contribution in [0.2, 0.25) is 0 Å². The average Bonchev–Trinajstić information content (AvgIpc) is 2.83. The van der Waals surface area contributed by atoms with E-state index in [4.69, 9.17) is 0 Å². The van der Waals surface area contributed by atoms with Gasteiger partial charge in [0.05, 0.1) is 0 Å². The van der Waals surface area contributed by atoms with Gasteiger partial charge in [0.15, 0.2) is 0 Å². The van der Waals surface area contributed by atoms with Crippen LogP contribution in [0.25, 0.3) is 12.2 Å². The van der Waals surface area contributed by atoms with Crippen molar-refractivity contribution in [2.45, 2.75) is 30.7 Å². The molecule has 2 fully saturated rings. The first kappa shape index (κ1) is 16.1. The molecule has 4 aliphatic rings. The maximum Gasteiger partial charge on any atom is 0.242 e. The molecule has 3 heteroatoms. The number of allylic oxidation sites excluding steroid dienone is 2. The lowest BCUT2D eigenvalue weighted by atomic mass is 9.33. The second-order valence-electron chi connectivity index (χ2n) is 8.63. The predicted octanol–water partition coefficient (Wildman–Crippen LogP) is 3.94. The minimum Gasteiger partial charge on any atom is -0.278 e. The van der Waals surface area contributed by atoms with E-state index in [9.17, 15) is 9.59 Å². The van der Waals surface area contributed by atoms with Crippen LogP contribution in [-0.4, -0.2) is 22.8 Å². The highest BCUT2D eigenvalue weighted by atomic mass is 16.2. The predicted molar refractivity (Wildman–Crippen MR) is 108 cm³/mol. The Labute approximate surface area is 164 Å². The molecule has 2 spiro atoms. The molecule has 1 saturated carbocycles. The summed E-state index contributed by atoms with van der Waals surface area (Å²) in [5, 5.41) is 0. The van der Waals surface area contributed by atoms with E-state index in [1.807, 2.05) is 38.1 Å². The Bertz CT molecular complexity index is 1040. The van der Waals surface area contributed by atoms with Crippen LogP contribution >= 0.6 is 0 Å². The Kier molecular flexibility index (Phi) is 2.81. The van der Waals surface area contributed by atoms with E-state index in [1.165, 1.54) is 0 Å². The molecule has 1 aliphatic heterocycles. The summed E-state index contributed by atoms with van der Waals surface area (Å²) in [5.74, 6) is -0.0503. The van der Waals surface area contributed by atoms with Gasteiger partial charge in [0.2, 0.25) is 11.8 Å². The standard InChI is InChI=1S/C25H21NO2/c1-15(2)26-22(27)24-18-9-5-3-7-16(18)11-13-20(24)21-14-12-17-8-4-6-10-19(17)25(21,24)23(26)28/h3-15,20-21H,1-2H3/t20-,21+,24-,25+. The Morgan fingerprint density at radius 2 is 1.18 bits per heavy atom. The maximum absolute atomic E-state index is 14.0. The van der Waals surface area contributed by atoms with Crippen molar-refractivity contribution in [1.29, 1.82) is 0 Å². The number of carbonyl (C=O) groups is 2. The maximum atomic E-state index is 14.0. The van der Waals surface area contributed by atoms with Crippen molar-refractivity contribution >= 4 is 24.0 Å². The summed E-state index contributed by atoms with van der Waals surface area (Å²) >= 11 is 0. The Morgan fingerprint density at radius 3 is 1.61 bits per heavy atom. The summed E-state index contributed by atoms with van der Waals surface area (Å²) in [6, 6.07) is 16.0. The lowest BCUT2D eigenvalue weighted by Gasteiger charge is -2.64. The molecule has 4 atom stereocenters. The summed E-state index contributed by atoms with van der Waals surface area (Å²) in [6.45, 7) is 3.87. The van der Waals surface area contributed by atoms with Gasteiger partial charge < -0.3 is 0 Å². The molecule has 1 saturated heterocycles. The summed E-state index contributed by atoms with van der Waals surface area (Å²) < 4.78 is 0. The van der Waals surface area contributed by atoms with Crippen LogP contribution in [0.5, 0.6) is 0 Å². The van der Waals surface area contributed by atoms with Crippen LogP contribution in [-0.2, 0) is 20.4 Å². The van der Waals surface area contributed by atoms with Crippen molar-refractivity contribution < 1.29 is 9.59 Å². The van der Waals surface area contributed by atoms with Crippen molar-refractivity contribution in [3.8, 4) is 0 Å². The molecule has 1 heterocycles. The normalized spacial score (nSPS) is 33.8. The Hall–Kier alpha value is -2.94. The minimum absolute atomic E-state index is 0.00667. The van der Waals surface area contributed by atoms with Crippen molar-refractivity contribution in [2.24, 2.45) is 11.8 Å². The number of nitrogens with zero attached hydrogens (tertiary/aromatic N) is 1. The molecule has 138 valence electrons. The molecule has 2 aromatic rings. The summed E-state index contributed by atoms with van der Waals surface area (Å²) in [7, 11) is 0. The second kappa shape index (κ2) is 4.91. The largest absolute Gasteiger partial charge is 0.278 e. The highest BCUT2D eigenvalue weighted by Gasteiger charge is 2.85. The van der Waals surface area contributed by atoms with E-state index in [0.717, 1.165) is 22.3 Å². The number of fused-ring (bicyclic) bond motifs is 3. The molecule has 28 heavy (non-hydrogen) atoms. The lowest BCUT2D eigenvalue weighted by Crippen LogP contribution is -2.73. The van der Waals surface area contributed by atoms with E-state index in [-0.39, 0.29) is 29.7 Å². The van der Waals surface area contributed by atoms with Crippen molar-refractivity contribution in [3.63, 3.8) is 0 Å². The smallest absolute Gasteiger partial charge is 0.242 e. The van der Waals surface area contributed by atoms with Gasteiger partial charge >= 0.3 is 0 Å².